The molecule has 0 amide bonds. The third-order valence-corrected chi connectivity index (χ3v) is 3.15. The number of rotatable bonds is 2. The second-order valence-electron chi connectivity index (χ2n) is 4.13. The van der Waals surface area contributed by atoms with Gasteiger partial charge < -0.3 is 0 Å². The van der Waals surface area contributed by atoms with Crippen molar-refractivity contribution in [3.8, 4) is 0 Å². The van der Waals surface area contributed by atoms with Crippen LogP contribution in [0, 0.1) is 13.8 Å². The smallest absolute Gasteiger partial charge is 0.213 e. The average Bonchev–Trinajstić information content (AvgIpc) is 2.28. The zero-order chi connectivity index (χ0) is 13.3. The highest BCUT2D eigenvalue weighted by molar-refractivity contribution is 6.37. The van der Waals surface area contributed by atoms with E-state index < -0.39 is 0 Å². The molecule has 2 nitrogen and oxygen atoms in total. The summed E-state index contributed by atoms with van der Waals surface area (Å²) < 4.78 is 0. The van der Waals surface area contributed by atoms with E-state index in [2.05, 4.69) is 4.98 Å². The van der Waals surface area contributed by atoms with Crippen LogP contribution >= 0.6 is 23.2 Å². The number of benzene rings is 1. The number of carbonyl (C=O) groups is 1. The molecular formula is C14H11Cl2NO. The van der Waals surface area contributed by atoms with Gasteiger partial charge in [-0.1, -0.05) is 29.3 Å². The highest BCUT2D eigenvalue weighted by atomic mass is 35.5. The summed E-state index contributed by atoms with van der Waals surface area (Å²) in [5.41, 5.74) is 2.70. The summed E-state index contributed by atoms with van der Waals surface area (Å²) in [5.74, 6) is -0.186. The van der Waals surface area contributed by atoms with Gasteiger partial charge in [0.1, 0.15) is 5.69 Å². The summed E-state index contributed by atoms with van der Waals surface area (Å²) in [6.07, 6.45) is 1.67. The number of aryl methyl sites for hydroxylation is 2. The predicted octanol–water partition coefficient (Wildman–Crippen LogP) is 4.24. The fraction of sp³-hybridized carbons (Fsp3) is 0.143. The Kier molecular flexibility index (Phi) is 3.69. The number of nitrogens with zero attached hydrogens (tertiary/aromatic N) is 1. The van der Waals surface area contributed by atoms with E-state index >= 15 is 0 Å². The molecule has 2 rings (SSSR count). The summed E-state index contributed by atoms with van der Waals surface area (Å²) in [4.78, 5) is 16.5. The van der Waals surface area contributed by atoms with Gasteiger partial charge in [-0.3, -0.25) is 9.78 Å². The minimum absolute atomic E-state index is 0.186. The van der Waals surface area contributed by atoms with Crippen LogP contribution in [0.4, 0.5) is 0 Å². The van der Waals surface area contributed by atoms with E-state index in [1.54, 1.807) is 24.4 Å². The van der Waals surface area contributed by atoms with Gasteiger partial charge in [-0.15, -0.1) is 0 Å². The third-order valence-electron chi connectivity index (χ3n) is 2.61. The Hall–Kier alpha value is -1.38. The van der Waals surface area contributed by atoms with Crippen molar-refractivity contribution in [2.24, 2.45) is 0 Å². The van der Waals surface area contributed by atoms with Crippen LogP contribution in [0.2, 0.25) is 10.0 Å². The molecule has 0 N–H and O–H groups in total. The van der Waals surface area contributed by atoms with Crippen LogP contribution < -0.4 is 0 Å². The van der Waals surface area contributed by atoms with E-state index in [1.165, 1.54) is 0 Å². The summed E-state index contributed by atoms with van der Waals surface area (Å²) in [7, 11) is 0. The standard InChI is InChI=1S/C14H11Cl2NO/c1-8-5-9(2)13(17-7-8)14(18)11-4-3-10(15)6-12(11)16/h3-7H,1-2H3. The van der Waals surface area contributed by atoms with Gasteiger partial charge in [0.2, 0.25) is 5.78 Å². The van der Waals surface area contributed by atoms with Gasteiger partial charge in [-0.05, 0) is 43.2 Å². The Bertz CT molecular complexity index is 570. The largest absolute Gasteiger partial charge is 0.287 e. The van der Waals surface area contributed by atoms with Crippen LogP contribution in [0.5, 0.6) is 0 Å². The Morgan fingerprint density at radius 2 is 1.89 bits per heavy atom. The van der Waals surface area contributed by atoms with Gasteiger partial charge in [0.25, 0.3) is 0 Å². The van der Waals surface area contributed by atoms with Crippen LogP contribution in [0.1, 0.15) is 27.2 Å². The van der Waals surface area contributed by atoms with Gasteiger partial charge in [-0.25, -0.2) is 0 Å². The molecule has 0 bridgehead atoms. The first-order valence-electron chi connectivity index (χ1n) is 5.42. The molecule has 0 saturated carbocycles. The summed E-state index contributed by atoms with van der Waals surface area (Å²) in [6, 6.07) is 6.74. The quantitative estimate of drug-likeness (QED) is 0.770. The van der Waals surface area contributed by atoms with E-state index in [0.29, 0.717) is 21.3 Å². The number of hydrogen-bond acceptors (Lipinski definition) is 2. The Balaban J connectivity index is 2.48. The van der Waals surface area contributed by atoms with Crippen LogP contribution in [0.25, 0.3) is 0 Å². The summed E-state index contributed by atoms with van der Waals surface area (Å²) in [6.45, 7) is 3.79. The number of hydrogen-bond donors (Lipinski definition) is 0. The molecule has 92 valence electrons. The number of ketones is 1. The molecule has 18 heavy (non-hydrogen) atoms. The van der Waals surface area contributed by atoms with Crippen molar-refractivity contribution >= 4 is 29.0 Å². The lowest BCUT2D eigenvalue weighted by atomic mass is 10.0. The molecule has 0 fully saturated rings. The third kappa shape index (κ3) is 2.55. The van der Waals surface area contributed by atoms with Crippen molar-refractivity contribution in [3.05, 3.63) is 62.9 Å². The number of aromatic nitrogens is 1. The van der Waals surface area contributed by atoms with Crippen LogP contribution in [-0.2, 0) is 0 Å². The summed E-state index contributed by atoms with van der Waals surface area (Å²) >= 11 is 11.8. The molecule has 0 unspecified atom stereocenters. The van der Waals surface area contributed by atoms with E-state index in [-0.39, 0.29) is 5.78 Å². The molecular weight excluding hydrogens is 269 g/mol. The topological polar surface area (TPSA) is 30.0 Å². The van der Waals surface area contributed by atoms with Crippen LogP contribution in [-0.4, -0.2) is 10.8 Å². The minimum Gasteiger partial charge on any atom is -0.287 e. The van der Waals surface area contributed by atoms with Gasteiger partial charge in [0.15, 0.2) is 0 Å². The van der Waals surface area contributed by atoms with Gasteiger partial charge >= 0.3 is 0 Å². The molecule has 4 heteroatoms. The Morgan fingerprint density at radius 1 is 1.17 bits per heavy atom. The highest BCUT2D eigenvalue weighted by Crippen LogP contribution is 2.24. The first-order chi connectivity index (χ1) is 8.49. The summed E-state index contributed by atoms with van der Waals surface area (Å²) in [5, 5.41) is 0.847. The fourth-order valence-corrected chi connectivity index (χ4v) is 2.25. The molecule has 2 aromatic rings. The molecule has 0 atom stereocenters. The predicted molar refractivity (Wildman–Crippen MR) is 73.6 cm³/mol. The van der Waals surface area contributed by atoms with Crippen molar-refractivity contribution in [3.63, 3.8) is 0 Å². The first kappa shape index (κ1) is 13.1. The van der Waals surface area contributed by atoms with E-state index in [4.69, 9.17) is 23.2 Å². The van der Waals surface area contributed by atoms with E-state index in [1.807, 2.05) is 19.9 Å². The molecule has 0 aliphatic carbocycles. The maximum absolute atomic E-state index is 12.3. The molecule has 0 aliphatic heterocycles. The molecule has 0 spiro atoms. The second kappa shape index (κ2) is 5.09. The van der Waals surface area contributed by atoms with Crippen LogP contribution in [0.3, 0.4) is 0 Å². The van der Waals surface area contributed by atoms with E-state index in [9.17, 15) is 4.79 Å². The molecule has 1 heterocycles. The Morgan fingerprint density at radius 3 is 2.50 bits per heavy atom. The monoisotopic (exact) mass is 279 g/mol. The van der Waals surface area contributed by atoms with E-state index in [0.717, 1.165) is 11.1 Å². The van der Waals surface area contributed by atoms with Crippen molar-refractivity contribution in [2.45, 2.75) is 13.8 Å². The fourth-order valence-electron chi connectivity index (χ4n) is 1.75. The lowest BCUT2D eigenvalue weighted by Gasteiger charge is -2.06. The normalized spacial score (nSPS) is 10.4. The average molecular weight is 280 g/mol. The van der Waals surface area contributed by atoms with Crippen molar-refractivity contribution < 1.29 is 4.79 Å². The highest BCUT2D eigenvalue weighted by Gasteiger charge is 2.16. The van der Waals surface area contributed by atoms with Gasteiger partial charge in [-0.2, -0.15) is 0 Å². The van der Waals surface area contributed by atoms with Crippen molar-refractivity contribution in [2.75, 3.05) is 0 Å². The zero-order valence-electron chi connectivity index (χ0n) is 10.00. The van der Waals surface area contributed by atoms with Crippen LogP contribution in [0.15, 0.2) is 30.5 Å². The first-order valence-corrected chi connectivity index (χ1v) is 6.17. The van der Waals surface area contributed by atoms with Crippen molar-refractivity contribution in [1.29, 1.82) is 0 Å². The maximum atomic E-state index is 12.3. The molecule has 0 saturated heterocycles. The lowest BCUT2D eigenvalue weighted by Crippen LogP contribution is -2.07. The SMILES string of the molecule is Cc1cnc(C(=O)c2ccc(Cl)cc2Cl)c(C)c1. The number of halogens is 2. The number of carbonyl (C=O) groups excluding carboxylic acids is 1. The van der Waals surface area contributed by atoms with Gasteiger partial charge in [0.05, 0.1) is 5.02 Å². The minimum atomic E-state index is -0.186. The van der Waals surface area contributed by atoms with Gasteiger partial charge in [0, 0.05) is 16.8 Å². The molecule has 0 aliphatic rings. The van der Waals surface area contributed by atoms with Crippen molar-refractivity contribution in [1.82, 2.24) is 4.98 Å². The molecule has 1 aromatic heterocycles. The second-order valence-corrected chi connectivity index (χ2v) is 4.98. The maximum Gasteiger partial charge on any atom is 0.213 e. The lowest BCUT2D eigenvalue weighted by molar-refractivity contribution is 0.103. The number of pyridine rings is 1. The zero-order valence-corrected chi connectivity index (χ0v) is 11.5. The molecule has 0 radical (unpaired) electrons. The molecule has 1 aromatic carbocycles. The Labute approximate surface area is 116 Å².